The number of hydrogen-bond acceptors (Lipinski definition) is 3. The molecule has 0 atom stereocenters. The van der Waals surface area contributed by atoms with Gasteiger partial charge in [0.05, 0.1) is 0 Å². The summed E-state index contributed by atoms with van der Waals surface area (Å²) < 4.78 is 12.3. The Labute approximate surface area is 295 Å². The van der Waals surface area contributed by atoms with Crippen molar-refractivity contribution in [3.05, 3.63) is 139 Å². The van der Waals surface area contributed by atoms with Gasteiger partial charge >= 0.3 is 99.8 Å². The van der Waals surface area contributed by atoms with E-state index in [-0.39, 0.29) is 20.1 Å². The molecule has 0 aliphatic rings. The molecule has 0 bridgehead atoms. The van der Waals surface area contributed by atoms with Crippen molar-refractivity contribution in [1.82, 2.24) is 9.97 Å². The van der Waals surface area contributed by atoms with Crippen molar-refractivity contribution < 1.29 is 21.5 Å². The van der Waals surface area contributed by atoms with Crippen molar-refractivity contribution in [3.63, 3.8) is 0 Å². The Hall–Kier alpha value is -3.41. The summed E-state index contributed by atoms with van der Waals surface area (Å²) in [5.41, 5.74) is 8.75. The SMILES string of the molecule is [2H]C(C)(C)c1ccnc(-c2[c-]ccc3c2sc2c(-c4ccccc4)c(C)ccc23)c1.[CH3][Ge]([CH3])([CH3])[c]1ccc(-c2[c-]cccc2)nc1.[Ir]. The molecule has 7 aromatic rings. The normalized spacial score (nSPS) is 11.8. The first-order valence-corrected chi connectivity index (χ1v) is 23.5. The fourth-order valence-corrected chi connectivity index (χ4v) is 9.08. The molecule has 3 heterocycles. The molecule has 2 nitrogen and oxygen atoms in total. The quantitative estimate of drug-likeness (QED) is 0.127. The van der Waals surface area contributed by atoms with Crippen LogP contribution in [0.15, 0.2) is 116 Å². The van der Waals surface area contributed by atoms with Crippen molar-refractivity contribution in [2.24, 2.45) is 0 Å². The van der Waals surface area contributed by atoms with Gasteiger partial charge in [-0.3, -0.25) is 0 Å². The first-order chi connectivity index (χ1) is 22.0. The Balaban J connectivity index is 0.000000217. The van der Waals surface area contributed by atoms with E-state index in [0.29, 0.717) is 0 Å². The summed E-state index contributed by atoms with van der Waals surface area (Å²) in [6.45, 7) is 6.00. The second-order valence-corrected chi connectivity index (χ2v) is 24.3. The molecule has 0 fully saturated rings. The van der Waals surface area contributed by atoms with Gasteiger partial charge in [0.15, 0.2) is 0 Å². The van der Waals surface area contributed by atoms with Gasteiger partial charge in [0, 0.05) is 37.9 Å². The number of benzene rings is 4. The monoisotopic (exact) mass is 858 g/mol. The Morgan fingerprint density at radius 3 is 2.20 bits per heavy atom. The minimum atomic E-state index is -1.72. The van der Waals surface area contributed by atoms with Crippen LogP contribution < -0.4 is 4.40 Å². The largest absolute Gasteiger partial charge is 0 e. The maximum absolute atomic E-state index is 8.39. The van der Waals surface area contributed by atoms with Crippen LogP contribution in [0.4, 0.5) is 0 Å². The first kappa shape index (κ1) is 32.5. The fraction of sp³-hybridized carbons (Fsp3) is 0.171. The molecule has 0 aliphatic carbocycles. The van der Waals surface area contributed by atoms with E-state index < -0.39 is 19.2 Å². The van der Waals surface area contributed by atoms with E-state index in [1.165, 1.54) is 41.3 Å². The van der Waals surface area contributed by atoms with Crippen LogP contribution in [-0.2, 0) is 20.1 Å². The molecule has 0 saturated carbocycles. The third-order valence-electron chi connectivity index (χ3n) is 8.08. The molecule has 3 aromatic heterocycles. The van der Waals surface area contributed by atoms with Crippen LogP contribution in [0.5, 0.6) is 0 Å². The minimum absolute atomic E-state index is 0. The topological polar surface area (TPSA) is 25.8 Å². The maximum atomic E-state index is 8.39. The molecule has 7 rings (SSSR count). The third-order valence-corrected chi connectivity index (χ3v) is 13.6. The van der Waals surface area contributed by atoms with Crippen LogP contribution in [0.3, 0.4) is 0 Å². The molecule has 0 unspecified atom stereocenters. The minimum Gasteiger partial charge on any atom is 0 e. The zero-order chi connectivity index (χ0) is 32.5. The molecule has 0 amide bonds. The number of thiophene rings is 1. The predicted octanol–water partition coefficient (Wildman–Crippen LogP) is 11.1. The molecule has 233 valence electrons. The summed E-state index contributed by atoms with van der Waals surface area (Å²) in [5.74, 6) is 6.48. The van der Waals surface area contributed by atoms with Crippen LogP contribution >= 0.6 is 11.3 Å². The number of aromatic nitrogens is 2. The number of hydrogen-bond donors (Lipinski definition) is 0. The van der Waals surface area contributed by atoms with Gasteiger partial charge in [0.1, 0.15) is 0 Å². The first-order valence-electron chi connectivity index (χ1n) is 15.8. The van der Waals surface area contributed by atoms with E-state index in [0.717, 1.165) is 28.1 Å². The third kappa shape index (κ3) is 7.26. The summed E-state index contributed by atoms with van der Waals surface area (Å²) in [7, 11) is 0. The van der Waals surface area contributed by atoms with E-state index in [1.807, 2.05) is 73.8 Å². The van der Waals surface area contributed by atoms with E-state index in [4.69, 9.17) is 1.37 Å². The Kier molecular flexibility index (Phi) is 10.3. The van der Waals surface area contributed by atoms with Gasteiger partial charge in [-0.05, 0) is 45.8 Å². The number of fused-ring (bicyclic) bond motifs is 3. The Morgan fingerprint density at radius 1 is 0.761 bits per heavy atom. The Morgan fingerprint density at radius 2 is 1.52 bits per heavy atom. The number of rotatable bonds is 5. The summed E-state index contributed by atoms with van der Waals surface area (Å²) in [6.07, 6.45) is 3.84. The molecule has 0 aliphatic heterocycles. The van der Waals surface area contributed by atoms with Gasteiger partial charge in [-0.1, -0.05) is 73.3 Å². The smallest absolute Gasteiger partial charge is 0 e. The van der Waals surface area contributed by atoms with Crippen LogP contribution in [-0.4, -0.2) is 23.2 Å². The fourth-order valence-electron chi connectivity index (χ4n) is 5.49. The molecule has 46 heavy (non-hydrogen) atoms. The van der Waals surface area contributed by atoms with Crippen LogP contribution in [0.25, 0.3) is 53.8 Å². The van der Waals surface area contributed by atoms with Gasteiger partial charge < -0.3 is 4.98 Å². The zero-order valence-corrected chi connectivity index (χ0v) is 32.4. The zero-order valence-electron chi connectivity index (χ0n) is 28.1. The van der Waals surface area contributed by atoms with Crippen molar-refractivity contribution >= 4 is 49.2 Å². The maximum Gasteiger partial charge on any atom is 0 e. The summed E-state index contributed by atoms with van der Waals surface area (Å²) in [5, 5.41) is 2.50. The summed E-state index contributed by atoms with van der Waals surface area (Å²) in [6, 6.07) is 42.1. The average molecular weight is 857 g/mol. The van der Waals surface area contributed by atoms with Gasteiger partial charge in [0.25, 0.3) is 0 Å². The van der Waals surface area contributed by atoms with Gasteiger partial charge in [-0.15, -0.1) is 23.8 Å². The second kappa shape index (κ2) is 14.6. The van der Waals surface area contributed by atoms with Crippen molar-refractivity contribution in [3.8, 4) is 33.6 Å². The van der Waals surface area contributed by atoms with Crippen LogP contribution in [0, 0.1) is 19.1 Å². The van der Waals surface area contributed by atoms with Crippen LogP contribution in [0.2, 0.25) is 17.3 Å². The van der Waals surface area contributed by atoms with Crippen molar-refractivity contribution in [1.29, 1.82) is 0 Å². The molecule has 4 aromatic carbocycles. The summed E-state index contributed by atoms with van der Waals surface area (Å²) in [4.78, 5) is 9.16. The van der Waals surface area contributed by atoms with Gasteiger partial charge in [0.2, 0.25) is 0 Å². The molecular formula is C41H38GeIrN2S-2. The van der Waals surface area contributed by atoms with Crippen molar-refractivity contribution in [2.75, 3.05) is 0 Å². The molecule has 0 spiro atoms. The summed E-state index contributed by atoms with van der Waals surface area (Å²) >= 11 is 0.0981. The standard InChI is InChI=1S/C27H22NS.C14H16GeN.Ir/c1-17(2)20-14-15-28-24(16-20)23-11-7-10-21-22-13-12-18(3)25(27(22)29-26(21)23)19-8-5-4-6-9-19;1-15(2,3)13-9-10-14(16-11-13)12-7-5-4-6-8-12;/h4-10,12-17H,1-3H3;4-7,9-11H,1-3H3;/q2*-1;/i17D;;. The van der Waals surface area contributed by atoms with Crippen LogP contribution in [0.1, 0.15) is 32.2 Å². The average Bonchev–Trinajstić information content (AvgIpc) is 3.44. The molecule has 0 N–H and O–H groups in total. The molecular weight excluding hydrogens is 817 g/mol. The molecule has 5 heteroatoms. The number of pyridine rings is 2. The van der Waals surface area contributed by atoms with Gasteiger partial charge in [-0.25, -0.2) is 0 Å². The molecule has 1 radical (unpaired) electrons. The van der Waals surface area contributed by atoms with E-state index >= 15 is 0 Å². The predicted molar refractivity (Wildman–Crippen MR) is 197 cm³/mol. The second-order valence-electron chi connectivity index (χ2n) is 12.6. The van der Waals surface area contributed by atoms with E-state index in [9.17, 15) is 0 Å². The van der Waals surface area contributed by atoms with E-state index in [1.54, 1.807) is 6.20 Å². The van der Waals surface area contributed by atoms with Crippen molar-refractivity contribution in [2.45, 2.75) is 43.9 Å². The Bertz CT molecular complexity index is 2110. The van der Waals surface area contributed by atoms with E-state index in [2.05, 4.69) is 107 Å². The number of nitrogens with zero attached hydrogens (tertiary/aromatic N) is 2. The molecule has 0 saturated heterocycles. The number of aryl methyl sites for hydroxylation is 1. The van der Waals surface area contributed by atoms with Gasteiger partial charge in [-0.2, -0.15) is 11.3 Å².